The number of hydrogen-bond donors (Lipinski definition) is 1. The van der Waals surface area contributed by atoms with Crippen LogP contribution in [0.4, 0.5) is 5.69 Å². The van der Waals surface area contributed by atoms with Gasteiger partial charge in [0.2, 0.25) is 0 Å². The minimum atomic E-state index is 0.357. The molecule has 3 unspecified atom stereocenters. The zero-order valence-electron chi connectivity index (χ0n) is 17.6. The molecule has 1 N–H and O–H groups in total. The molecule has 152 valence electrons. The first kappa shape index (κ1) is 19.0. The highest BCUT2D eigenvalue weighted by atomic mass is 16.5. The van der Waals surface area contributed by atoms with Crippen LogP contribution in [0, 0.1) is 12.8 Å². The summed E-state index contributed by atoms with van der Waals surface area (Å²) in [5, 5.41) is 3.82. The molecular weight excluding hydrogens is 366 g/mol. The second-order valence-corrected chi connectivity index (χ2v) is 8.57. The molecule has 1 aliphatic carbocycles. The minimum Gasteiger partial charge on any atom is -0.494 e. The van der Waals surface area contributed by atoms with Gasteiger partial charge in [-0.2, -0.15) is 0 Å². The smallest absolute Gasteiger partial charge is 0.119 e. The highest BCUT2D eigenvalue weighted by molar-refractivity contribution is 5.61. The molecule has 0 saturated heterocycles. The van der Waals surface area contributed by atoms with E-state index in [1.165, 1.54) is 27.9 Å². The van der Waals surface area contributed by atoms with Gasteiger partial charge in [-0.25, -0.2) is 0 Å². The second-order valence-electron chi connectivity index (χ2n) is 8.57. The van der Waals surface area contributed by atoms with Crippen LogP contribution in [0.1, 0.15) is 47.1 Å². The lowest BCUT2D eigenvalue weighted by Gasteiger charge is -2.37. The number of ether oxygens (including phenoxy) is 1. The topological polar surface area (TPSA) is 21.3 Å². The predicted molar refractivity (Wildman–Crippen MR) is 124 cm³/mol. The number of benzene rings is 3. The molecule has 5 rings (SSSR count). The zero-order valence-corrected chi connectivity index (χ0v) is 17.6. The number of rotatable bonds is 6. The molecule has 3 aromatic rings. The molecule has 0 fully saturated rings. The molecule has 0 amide bonds. The highest BCUT2D eigenvalue weighted by Crippen LogP contribution is 2.50. The predicted octanol–water partition coefficient (Wildman–Crippen LogP) is 6.83. The molecule has 0 saturated carbocycles. The van der Waals surface area contributed by atoms with Crippen molar-refractivity contribution in [2.24, 2.45) is 5.92 Å². The van der Waals surface area contributed by atoms with Gasteiger partial charge in [-0.3, -0.25) is 0 Å². The molecule has 3 aromatic carbocycles. The molecule has 2 nitrogen and oxygen atoms in total. The van der Waals surface area contributed by atoms with Gasteiger partial charge in [-0.1, -0.05) is 72.3 Å². The summed E-state index contributed by atoms with van der Waals surface area (Å²) < 4.78 is 6.12. The SMILES string of the molecule is Cc1ccc(C2Nc3ccc(OCCCc4ccccc4)cc3C3C=CCC32)cc1. The fourth-order valence-electron chi connectivity index (χ4n) is 4.88. The molecule has 3 atom stereocenters. The monoisotopic (exact) mass is 395 g/mol. The Morgan fingerprint density at radius 3 is 2.63 bits per heavy atom. The second kappa shape index (κ2) is 8.39. The lowest BCUT2D eigenvalue weighted by atomic mass is 9.77. The van der Waals surface area contributed by atoms with E-state index in [2.05, 4.69) is 97.2 Å². The van der Waals surface area contributed by atoms with Crippen LogP contribution in [0.15, 0.2) is 84.9 Å². The van der Waals surface area contributed by atoms with Gasteiger partial charge in [0.05, 0.1) is 12.6 Å². The zero-order chi connectivity index (χ0) is 20.3. The Hall–Kier alpha value is -3.00. The van der Waals surface area contributed by atoms with E-state index >= 15 is 0 Å². The van der Waals surface area contributed by atoms with E-state index in [1.54, 1.807) is 0 Å². The average Bonchev–Trinajstić information content (AvgIpc) is 3.28. The van der Waals surface area contributed by atoms with Crippen LogP contribution in [0.25, 0.3) is 0 Å². The maximum atomic E-state index is 6.12. The van der Waals surface area contributed by atoms with Crippen LogP contribution in [0.5, 0.6) is 5.75 Å². The average molecular weight is 396 g/mol. The molecule has 1 heterocycles. The van der Waals surface area contributed by atoms with Crippen LogP contribution in [-0.2, 0) is 6.42 Å². The molecule has 0 radical (unpaired) electrons. The van der Waals surface area contributed by atoms with Crippen molar-refractivity contribution in [1.82, 2.24) is 0 Å². The summed E-state index contributed by atoms with van der Waals surface area (Å²) in [6.45, 7) is 2.89. The molecule has 2 aliphatic rings. The van der Waals surface area contributed by atoms with Gasteiger partial charge in [0, 0.05) is 11.6 Å². The molecule has 0 aromatic heterocycles. The highest BCUT2D eigenvalue weighted by Gasteiger charge is 2.37. The molecule has 1 aliphatic heterocycles. The molecule has 30 heavy (non-hydrogen) atoms. The number of fused-ring (bicyclic) bond motifs is 3. The Labute approximate surface area is 179 Å². The minimum absolute atomic E-state index is 0.357. The van der Waals surface area contributed by atoms with Gasteiger partial charge in [-0.15, -0.1) is 0 Å². The maximum absolute atomic E-state index is 6.12. The number of anilines is 1. The van der Waals surface area contributed by atoms with E-state index in [4.69, 9.17) is 4.74 Å². The first-order valence-electron chi connectivity index (χ1n) is 11.1. The summed E-state index contributed by atoms with van der Waals surface area (Å²) in [6.07, 6.45) is 7.95. The normalized spacial score (nSPS) is 21.6. The van der Waals surface area contributed by atoms with Gasteiger partial charge in [0.15, 0.2) is 0 Å². The van der Waals surface area contributed by atoms with E-state index in [9.17, 15) is 0 Å². The Kier molecular flexibility index (Phi) is 5.31. The van der Waals surface area contributed by atoms with Crippen molar-refractivity contribution >= 4 is 5.69 Å². The molecule has 2 heteroatoms. The van der Waals surface area contributed by atoms with Crippen molar-refractivity contribution in [3.05, 3.63) is 107 Å². The van der Waals surface area contributed by atoms with Gasteiger partial charge >= 0.3 is 0 Å². The number of hydrogen-bond acceptors (Lipinski definition) is 2. The molecule has 0 bridgehead atoms. The Balaban J connectivity index is 1.29. The van der Waals surface area contributed by atoms with Crippen LogP contribution >= 0.6 is 0 Å². The van der Waals surface area contributed by atoms with E-state index < -0.39 is 0 Å². The standard InChI is InChI=1S/C28H29NO/c1-20-12-14-22(15-13-20)28-25-11-5-10-24(25)26-19-23(16-17-27(26)29-28)30-18-6-9-21-7-3-2-4-8-21/h2-5,7-8,10,12-17,19,24-25,28-29H,6,9,11,18H2,1H3. The van der Waals surface area contributed by atoms with Gasteiger partial charge in [0.25, 0.3) is 0 Å². The summed E-state index contributed by atoms with van der Waals surface area (Å²) in [7, 11) is 0. The van der Waals surface area contributed by atoms with E-state index in [1.807, 2.05) is 0 Å². The summed E-state index contributed by atoms with van der Waals surface area (Å²) in [4.78, 5) is 0. The van der Waals surface area contributed by atoms with Gasteiger partial charge in [-0.05, 0) is 67.0 Å². The number of aryl methyl sites for hydroxylation is 2. The summed E-state index contributed by atoms with van der Waals surface area (Å²) >= 11 is 0. The summed E-state index contributed by atoms with van der Waals surface area (Å²) in [5.41, 5.74) is 6.68. The number of nitrogens with one attached hydrogen (secondary N) is 1. The van der Waals surface area contributed by atoms with Crippen LogP contribution in [-0.4, -0.2) is 6.61 Å². The van der Waals surface area contributed by atoms with Crippen molar-refractivity contribution in [1.29, 1.82) is 0 Å². The fourth-order valence-corrected chi connectivity index (χ4v) is 4.88. The third kappa shape index (κ3) is 3.87. The van der Waals surface area contributed by atoms with Crippen molar-refractivity contribution in [2.75, 3.05) is 11.9 Å². The van der Waals surface area contributed by atoms with Crippen LogP contribution in [0.2, 0.25) is 0 Å². The van der Waals surface area contributed by atoms with E-state index in [0.29, 0.717) is 17.9 Å². The van der Waals surface area contributed by atoms with Crippen molar-refractivity contribution < 1.29 is 4.74 Å². The Bertz CT molecular complexity index is 1020. The van der Waals surface area contributed by atoms with E-state index in [-0.39, 0.29) is 0 Å². The summed E-state index contributed by atoms with van der Waals surface area (Å²) in [6, 6.07) is 26.5. The Morgan fingerprint density at radius 1 is 0.967 bits per heavy atom. The van der Waals surface area contributed by atoms with Gasteiger partial charge in [0.1, 0.15) is 5.75 Å². The third-order valence-electron chi connectivity index (χ3n) is 6.49. The van der Waals surface area contributed by atoms with Crippen molar-refractivity contribution in [2.45, 2.75) is 38.1 Å². The fraction of sp³-hybridized carbons (Fsp3) is 0.286. The lowest BCUT2D eigenvalue weighted by Crippen LogP contribution is -2.29. The third-order valence-corrected chi connectivity index (χ3v) is 6.49. The number of allylic oxidation sites excluding steroid dienone is 2. The van der Waals surface area contributed by atoms with Crippen molar-refractivity contribution in [3.8, 4) is 5.75 Å². The van der Waals surface area contributed by atoms with Gasteiger partial charge < -0.3 is 10.1 Å². The lowest BCUT2D eigenvalue weighted by molar-refractivity contribution is 0.310. The largest absolute Gasteiger partial charge is 0.494 e. The maximum Gasteiger partial charge on any atom is 0.119 e. The van der Waals surface area contributed by atoms with Crippen molar-refractivity contribution in [3.63, 3.8) is 0 Å². The van der Waals surface area contributed by atoms with Crippen LogP contribution in [0.3, 0.4) is 0 Å². The molecule has 0 spiro atoms. The molecular formula is C28H29NO. The van der Waals surface area contributed by atoms with Crippen LogP contribution < -0.4 is 10.1 Å². The quantitative estimate of drug-likeness (QED) is 0.365. The Morgan fingerprint density at radius 2 is 1.80 bits per heavy atom. The van der Waals surface area contributed by atoms with E-state index in [0.717, 1.165) is 31.6 Å². The first-order chi connectivity index (χ1) is 14.8. The summed E-state index contributed by atoms with van der Waals surface area (Å²) in [5.74, 6) is 2.01. The first-order valence-corrected chi connectivity index (χ1v) is 11.1.